The summed E-state index contributed by atoms with van der Waals surface area (Å²) in [4.78, 5) is 0. The molecule has 0 saturated carbocycles. The van der Waals surface area contributed by atoms with Gasteiger partial charge in [0, 0.05) is 10.0 Å². The second-order valence-electron chi connectivity index (χ2n) is 4.30. The van der Waals surface area contributed by atoms with Crippen LogP contribution in [-0.4, -0.2) is 0 Å². The van der Waals surface area contributed by atoms with Crippen LogP contribution in [0.1, 0.15) is 22.7 Å². The van der Waals surface area contributed by atoms with Crippen molar-refractivity contribution in [3.05, 3.63) is 69.2 Å². The molecule has 0 aliphatic rings. The molecule has 5 heteroatoms. The summed E-state index contributed by atoms with van der Waals surface area (Å²) in [7, 11) is 0. The molecular formula is C14H13BrF2N2. The van der Waals surface area contributed by atoms with Crippen LogP contribution >= 0.6 is 15.9 Å². The Balaban J connectivity index is 2.56. The maximum absolute atomic E-state index is 13.8. The fraction of sp³-hybridized carbons (Fsp3) is 0.143. The predicted molar refractivity (Wildman–Crippen MR) is 74.4 cm³/mol. The molecule has 2 aromatic carbocycles. The lowest BCUT2D eigenvalue weighted by atomic mass is 9.97. The topological polar surface area (TPSA) is 38.0 Å². The Labute approximate surface area is 118 Å². The molecule has 2 rings (SSSR count). The third kappa shape index (κ3) is 3.00. The number of nitrogens with one attached hydrogen (secondary N) is 1. The Kier molecular flexibility index (Phi) is 4.29. The fourth-order valence-electron chi connectivity index (χ4n) is 2.06. The monoisotopic (exact) mass is 326 g/mol. The number of nitrogens with two attached hydrogens (primary N) is 1. The van der Waals surface area contributed by atoms with Crippen molar-refractivity contribution < 1.29 is 8.78 Å². The fourth-order valence-corrected chi connectivity index (χ4v) is 2.69. The van der Waals surface area contributed by atoms with Gasteiger partial charge in [0.2, 0.25) is 0 Å². The highest BCUT2D eigenvalue weighted by Crippen LogP contribution is 2.28. The van der Waals surface area contributed by atoms with Crippen molar-refractivity contribution in [3.63, 3.8) is 0 Å². The van der Waals surface area contributed by atoms with Gasteiger partial charge in [-0.3, -0.25) is 5.84 Å². The first-order valence-corrected chi connectivity index (χ1v) is 6.49. The van der Waals surface area contributed by atoms with Crippen molar-refractivity contribution in [1.29, 1.82) is 0 Å². The SMILES string of the molecule is Cc1cc(Br)cc(C(NN)c2c(F)cccc2F)c1. The number of rotatable bonds is 3. The van der Waals surface area contributed by atoms with Gasteiger partial charge in [0.05, 0.1) is 6.04 Å². The first-order valence-electron chi connectivity index (χ1n) is 5.70. The molecule has 0 aliphatic carbocycles. The summed E-state index contributed by atoms with van der Waals surface area (Å²) >= 11 is 3.36. The molecule has 100 valence electrons. The first-order chi connectivity index (χ1) is 9.02. The average molecular weight is 327 g/mol. The van der Waals surface area contributed by atoms with Crippen LogP contribution in [0.3, 0.4) is 0 Å². The molecule has 2 aromatic rings. The highest BCUT2D eigenvalue weighted by Gasteiger charge is 2.21. The summed E-state index contributed by atoms with van der Waals surface area (Å²) in [6.45, 7) is 1.90. The van der Waals surface area contributed by atoms with Crippen molar-refractivity contribution in [2.75, 3.05) is 0 Å². The molecule has 0 amide bonds. The highest BCUT2D eigenvalue weighted by atomic mass is 79.9. The minimum Gasteiger partial charge on any atom is -0.271 e. The summed E-state index contributed by atoms with van der Waals surface area (Å²) in [6.07, 6.45) is 0. The number of hydrazine groups is 1. The van der Waals surface area contributed by atoms with Gasteiger partial charge in [-0.05, 0) is 42.3 Å². The quantitative estimate of drug-likeness (QED) is 0.668. The van der Waals surface area contributed by atoms with E-state index in [1.165, 1.54) is 18.2 Å². The van der Waals surface area contributed by atoms with E-state index in [0.29, 0.717) is 5.56 Å². The van der Waals surface area contributed by atoms with Crippen molar-refractivity contribution in [3.8, 4) is 0 Å². The highest BCUT2D eigenvalue weighted by molar-refractivity contribution is 9.10. The van der Waals surface area contributed by atoms with E-state index >= 15 is 0 Å². The van der Waals surface area contributed by atoms with Gasteiger partial charge in [0.1, 0.15) is 11.6 Å². The van der Waals surface area contributed by atoms with Gasteiger partial charge in [0.15, 0.2) is 0 Å². The maximum atomic E-state index is 13.8. The molecule has 0 fully saturated rings. The van der Waals surface area contributed by atoms with Crippen LogP contribution in [0.2, 0.25) is 0 Å². The van der Waals surface area contributed by atoms with Crippen molar-refractivity contribution >= 4 is 15.9 Å². The van der Waals surface area contributed by atoms with Gasteiger partial charge >= 0.3 is 0 Å². The van der Waals surface area contributed by atoms with Crippen molar-refractivity contribution in [2.24, 2.45) is 5.84 Å². The predicted octanol–water partition coefficient (Wildman–Crippen LogP) is 3.59. The van der Waals surface area contributed by atoms with E-state index in [4.69, 9.17) is 5.84 Å². The number of halogens is 3. The Morgan fingerprint density at radius 2 is 1.79 bits per heavy atom. The molecule has 0 spiro atoms. The Morgan fingerprint density at radius 1 is 1.16 bits per heavy atom. The van der Waals surface area contributed by atoms with Gasteiger partial charge in [-0.25, -0.2) is 14.2 Å². The lowest BCUT2D eigenvalue weighted by Gasteiger charge is -2.19. The maximum Gasteiger partial charge on any atom is 0.131 e. The van der Waals surface area contributed by atoms with Crippen LogP contribution in [0.5, 0.6) is 0 Å². The van der Waals surface area contributed by atoms with Crippen molar-refractivity contribution in [1.82, 2.24) is 5.43 Å². The number of benzene rings is 2. The molecule has 0 heterocycles. The molecule has 0 aromatic heterocycles. The smallest absolute Gasteiger partial charge is 0.131 e. The number of hydrogen-bond donors (Lipinski definition) is 2. The summed E-state index contributed by atoms with van der Waals surface area (Å²) in [5.74, 6) is 4.23. The van der Waals surface area contributed by atoms with E-state index in [1.807, 2.05) is 19.1 Å². The molecule has 2 nitrogen and oxygen atoms in total. The first kappa shape index (κ1) is 14.1. The lowest BCUT2D eigenvalue weighted by Crippen LogP contribution is -2.30. The zero-order valence-corrected chi connectivity index (χ0v) is 11.8. The van der Waals surface area contributed by atoms with E-state index in [9.17, 15) is 8.78 Å². The molecule has 19 heavy (non-hydrogen) atoms. The zero-order valence-electron chi connectivity index (χ0n) is 10.3. The third-order valence-corrected chi connectivity index (χ3v) is 3.31. The van der Waals surface area contributed by atoms with Gasteiger partial charge in [0.25, 0.3) is 0 Å². The van der Waals surface area contributed by atoms with Crippen LogP contribution in [0, 0.1) is 18.6 Å². The number of hydrogen-bond acceptors (Lipinski definition) is 2. The molecule has 0 bridgehead atoms. The van der Waals surface area contributed by atoms with E-state index in [1.54, 1.807) is 6.07 Å². The van der Waals surface area contributed by atoms with Gasteiger partial charge in [-0.2, -0.15) is 0 Å². The standard InChI is InChI=1S/C14H13BrF2N2/c1-8-5-9(7-10(15)6-8)14(19-18)13-11(16)3-2-4-12(13)17/h2-7,14,19H,18H2,1H3. The molecule has 1 unspecified atom stereocenters. The van der Waals surface area contributed by atoms with Crippen LogP contribution < -0.4 is 11.3 Å². The zero-order chi connectivity index (χ0) is 14.0. The summed E-state index contributed by atoms with van der Waals surface area (Å²) in [5.41, 5.74) is 4.06. The summed E-state index contributed by atoms with van der Waals surface area (Å²) in [6, 6.07) is 8.55. The van der Waals surface area contributed by atoms with E-state index in [0.717, 1.165) is 10.0 Å². The molecule has 0 saturated heterocycles. The van der Waals surface area contributed by atoms with E-state index in [-0.39, 0.29) is 5.56 Å². The van der Waals surface area contributed by atoms with Crippen LogP contribution in [0.4, 0.5) is 8.78 Å². The molecule has 3 N–H and O–H groups in total. The second-order valence-corrected chi connectivity index (χ2v) is 5.21. The lowest BCUT2D eigenvalue weighted by molar-refractivity contribution is 0.510. The largest absolute Gasteiger partial charge is 0.271 e. The summed E-state index contributed by atoms with van der Waals surface area (Å²) in [5, 5.41) is 0. The average Bonchev–Trinajstić information content (AvgIpc) is 2.32. The third-order valence-electron chi connectivity index (χ3n) is 2.85. The van der Waals surface area contributed by atoms with E-state index in [2.05, 4.69) is 21.4 Å². The van der Waals surface area contributed by atoms with Gasteiger partial charge in [-0.1, -0.05) is 28.1 Å². The van der Waals surface area contributed by atoms with Crippen molar-refractivity contribution in [2.45, 2.75) is 13.0 Å². The Bertz CT molecular complexity index is 561. The normalized spacial score (nSPS) is 12.5. The van der Waals surface area contributed by atoms with Gasteiger partial charge in [-0.15, -0.1) is 0 Å². The minimum atomic E-state index is -0.739. The van der Waals surface area contributed by atoms with Crippen LogP contribution in [-0.2, 0) is 0 Å². The Hall–Kier alpha value is -1.30. The number of aryl methyl sites for hydroxylation is 1. The van der Waals surface area contributed by atoms with E-state index < -0.39 is 17.7 Å². The van der Waals surface area contributed by atoms with Crippen LogP contribution in [0.15, 0.2) is 40.9 Å². The van der Waals surface area contributed by atoms with Crippen LogP contribution in [0.25, 0.3) is 0 Å². The molecule has 1 atom stereocenters. The molecule has 0 radical (unpaired) electrons. The van der Waals surface area contributed by atoms with Gasteiger partial charge < -0.3 is 0 Å². The second kappa shape index (κ2) is 5.77. The molecule has 0 aliphatic heterocycles. The minimum absolute atomic E-state index is 0.0810. The molecular weight excluding hydrogens is 314 g/mol. The summed E-state index contributed by atoms with van der Waals surface area (Å²) < 4.78 is 28.5. The Morgan fingerprint density at radius 3 is 2.32 bits per heavy atom.